The second kappa shape index (κ2) is 7.55. The quantitative estimate of drug-likeness (QED) is 0.381. The van der Waals surface area contributed by atoms with Gasteiger partial charge in [0.05, 0.1) is 12.2 Å². The number of hydrogen-bond donors (Lipinski definition) is 0. The third kappa shape index (κ3) is 3.66. The van der Waals surface area contributed by atoms with Gasteiger partial charge in [-0.05, 0) is 117 Å². The minimum atomic E-state index is -1.78. The van der Waals surface area contributed by atoms with Crippen molar-refractivity contribution in [2.75, 3.05) is 0 Å². The molecule has 0 N–H and O–H groups in total. The Hall–Kier alpha value is 0.0969. The van der Waals surface area contributed by atoms with Crippen molar-refractivity contribution in [3.05, 3.63) is 0 Å². The first-order valence-electron chi connectivity index (χ1n) is 14.1. The van der Waals surface area contributed by atoms with Crippen LogP contribution in [0.1, 0.15) is 100 Å². The molecule has 4 heteroatoms. The van der Waals surface area contributed by atoms with Gasteiger partial charge in [0.15, 0.2) is 14.1 Å². The molecular weight excluding hydrogens is 424 g/mol. The molecule has 5 fully saturated rings. The van der Waals surface area contributed by atoms with Crippen LogP contribution in [0.25, 0.3) is 0 Å². The molecule has 0 aromatic rings. The minimum absolute atomic E-state index is 0.232. The van der Waals surface area contributed by atoms with Gasteiger partial charge in [0.25, 0.3) is 0 Å². The summed E-state index contributed by atoms with van der Waals surface area (Å²) in [5.74, 6) is 3.18. The number of fused-ring (bicyclic) bond motifs is 8. The Labute approximate surface area is 205 Å². The summed E-state index contributed by atoms with van der Waals surface area (Å²) in [4.78, 5) is 0. The molecular formula is C29H52O3Si. The van der Waals surface area contributed by atoms with Crippen molar-refractivity contribution in [2.24, 2.45) is 40.4 Å². The van der Waals surface area contributed by atoms with Gasteiger partial charge in [0.2, 0.25) is 0 Å². The molecule has 4 unspecified atom stereocenters. The molecule has 1 saturated heterocycles. The molecule has 10 atom stereocenters. The normalized spacial score (nSPS) is 51.5. The van der Waals surface area contributed by atoms with Crippen LogP contribution in [0.5, 0.6) is 0 Å². The lowest BCUT2D eigenvalue weighted by Gasteiger charge is -2.63. The van der Waals surface area contributed by atoms with Crippen molar-refractivity contribution in [2.45, 2.75) is 143 Å². The van der Waals surface area contributed by atoms with Crippen LogP contribution in [0.4, 0.5) is 0 Å². The van der Waals surface area contributed by atoms with Gasteiger partial charge in [0, 0.05) is 6.10 Å². The van der Waals surface area contributed by atoms with E-state index in [4.69, 9.17) is 13.9 Å². The summed E-state index contributed by atoms with van der Waals surface area (Å²) in [6.45, 7) is 24.0. The highest BCUT2D eigenvalue weighted by molar-refractivity contribution is 6.74. The molecule has 0 aromatic heterocycles. The smallest absolute Gasteiger partial charge is 0.192 e. The van der Waals surface area contributed by atoms with Crippen LogP contribution >= 0.6 is 0 Å². The Balaban J connectivity index is 1.47. The molecule has 4 saturated carbocycles. The summed E-state index contributed by atoms with van der Waals surface area (Å²) >= 11 is 0. The van der Waals surface area contributed by atoms with E-state index in [2.05, 4.69) is 68.5 Å². The largest absolute Gasteiger partial charge is 0.414 e. The van der Waals surface area contributed by atoms with E-state index in [9.17, 15) is 0 Å². The topological polar surface area (TPSA) is 27.7 Å². The van der Waals surface area contributed by atoms with Crippen molar-refractivity contribution in [3.8, 4) is 0 Å². The first kappa shape index (κ1) is 24.8. The Kier molecular flexibility index (Phi) is 5.67. The van der Waals surface area contributed by atoms with Gasteiger partial charge in [-0.3, -0.25) is 0 Å². The van der Waals surface area contributed by atoms with Crippen molar-refractivity contribution in [1.82, 2.24) is 0 Å². The van der Waals surface area contributed by atoms with E-state index in [1.165, 1.54) is 38.5 Å². The Bertz CT molecular complexity index is 771. The van der Waals surface area contributed by atoms with Gasteiger partial charge in [-0.25, -0.2) is 0 Å². The van der Waals surface area contributed by atoms with E-state index < -0.39 is 14.1 Å². The van der Waals surface area contributed by atoms with Crippen molar-refractivity contribution < 1.29 is 13.9 Å². The standard InChI is InChI=1S/C29H52O3Si/c1-18-11-12-20-23-21(14-16-28(18,20)7)29(8)15-13-19(32-33(9,10)26(2,3)4)17-22(29)24-25(23)31-27(5,6)30-24/h18-25H,11-17H2,1-10H3/t18-,19+,20?,21?,22?,23?,24+,25+,28+,29+/m0/s1. The fourth-order valence-electron chi connectivity index (χ4n) is 9.11. The molecule has 0 spiro atoms. The van der Waals surface area contributed by atoms with E-state index in [0.29, 0.717) is 28.8 Å². The van der Waals surface area contributed by atoms with Crippen LogP contribution in [0.15, 0.2) is 0 Å². The maximum Gasteiger partial charge on any atom is 0.192 e. The number of rotatable bonds is 2. The van der Waals surface area contributed by atoms with Crippen LogP contribution < -0.4 is 0 Å². The predicted octanol–water partition coefficient (Wildman–Crippen LogP) is 7.80. The zero-order valence-electron chi connectivity index (χ0n) is 23.3. The lowest BCUT2D eigenvalue weighted by atomic mass is 9.43. The minimum Gasteiger partial charge on any atom is -0.414 e. The Morgan fingerprint density at radius 3 is 2.06 bits per heavy atom. The Morgan fingerprint density at radius 1 is 0.788 bits per heavy atom. The number of hydrogen-bond acceptors (Lipinski definition) is 3. The summed E-state index contributed by atoms with van der Waals surface area (Å²) in [6.07, 6.45) is 10.1. The lowest BCUT2D eigenvalue weighted by molar-refractivity contribution is -0.187. The molecule has 1 aliphatic heterocycles. The Morgan fingerprint density at radius 2 is 1.39 bits per heavy atom. The summed E-state index contributed by atoms with van der Waals surface area (Å²) in [6, 6.07) is 0. The fourth-order valence-corrected chi connectivity index (χ4v) is 10.5. The van der Waals surface area contributed by atoms with Crippen LogP contribution in [-0.4, -0.2) is 32.4 Å². The summed E-state index contributed by atoms with van der Waals surface area (Å²) in [5.41, 5.74) is 0.851. The fraction of sp³-hybridized carbons (Fsp3) is 1.00. The molecule has 3 nitrogen and oxygen atoms in total. The van der Waals surface area contributed by atoms with E-state index in [1.807, 2.05) is 0 Å². The molecule has 5 rings (SSSR count). The van der Waals surface area contributed by atoms with Crippen LogP contribution in [-0.2, 0) is 13.9 Å². The first-order chi connectivity index (χ1) is 15.1. The highest BCUT2D eigenvalue weighted by atomic mass is 28.4. The monoisotopic (exact) mass is 476 g/mol. The molecule has 0 amide bonds. The number of ether oxygens (including phenoxy) is 2. The zero-order valence-corrected chi connectivity index (χ0v) is 24.3. The van der Waals surface area contributed by atoms with E-state index >= 15 is 0 Å². The molecule has 190 valence electrons. The van der Waals surface area contributed by atoms with Crippen molar-refractivity contribution in [1.29, 1.82) is 0 Å². The molecule has 0 aromatic carbocycles. The van der Waals surface area contributed by atoms with Gasteiger partial charge >= 0.3 is 0 Å². The molecule has 0 radical (unpaired) electrons. The average Bonchev–Trinajstić information content (AvgIpc) is 3.17. The lowest BCUT2D eigenvalue weighted by Crippen LogP contribution is -2.63. The van der Waals surface area contributed by atoms with Crippen LogP contribution in [0.3, 0.4) is 0 Å². The molecule has 0 bridgehead atoms. The third-order valence-electron chi connectivity index (χ3n) is 12.2. The maximum atomic E-state index is 7.02. The second-order valence-electron chi connectivity index (χ2n) is 15.3. The van der Waals surface area contributed by atoms with E-state index in [-0.39, 0.29) is 17.2 Å². The van der Waals surface area contributed by atoms with E-state index in [0.717, 1.165) is 24.2 Å². The zero-order chi connectivity index (χ0) is 24.2. The van der Waals surface area contributed by atoms with Gasteiger partial charge in [-0.2, -0.15) is 0 Å². The molecule has 4 aliphatic carbocycles. The predicted molar refractivity (Wildman–Crippen MR) is 138 cm³/mol. The van der Waals surface area contributed by atoms with Crippen LogP contribution in [0.2, 0.25) is 18.1 Å². The molecule has 1 heterocycles. The maximum absolute atomic E-state index is 7.02. The van der Waals surface area contributed by atoms with Crippen molar-refractivity contribution >= 4 is 8.32 Å². The molecule has 5 aliphatic rings. The first-order valence-corrected chi connectivity index (χ1v) is 17.0. The second-order valence-corrected chi connectivity index (χ2v) is 20.0. The average molecular weight is 477 g/mol. The van der Waals surface area contributed by atoms with Crippen LogP contribution in [0, 0.1) is 40.4 Å². The highest BCUT2D eigenvalue weighted by Crippen LogP contribution is 2.69. The van der Waals surface area contributed by atoms with Crippen molar-refractivity contribution in [3.63, 3.8) is 0 Å². The SMILES string of the molecule is C[C@H]1CCC2C3C(CC[C@@]21C)[C@@]1(C)CC[C@@H](O[Si](C)(C)C(C)(C)C)CC1[C@H]1OC(C)(C)O[C@H]31. The summed E-state index contributed by atoms with van der Waals surface area (Å²) < 4.78 is 20.7. The van der Waals surface area contributed by atoms with Gasteiger partial charge in [0.1, 0.15) is 0 Å². The van der Waals surface area contributed by atoms with Gasteiger partial charge < -0.3 is 13.9 Å². The van der Waals surface area contributed by atoms with E-state index in [1.54, 1.807) is 0 Å². The third-order valence-corrected chi connectivity index (χ3v) is 16.8. The summed E-state index contributed by atoms with van der Waals surface area (Å²) in [5, 5.41) is 0.260. The van der Waals surface area contributed by atoms with Gasteiger partial charge in [-0.15, -0.1) is 0 Å². The summed E-state index contributed by atoms with van der Waals surface area (Å²) in [7, 11) is -1.78. The van der Waals surface area contributed by atoms with Gasteiger partial charge in [-0.1, -0.05) is 41.5 Å². The highest BCUT2D eigenvalue weighted by Gasteiger charge is 2.68. The molecule has 33 heavy (non-hydrogen) atoms.